The van der Waals surface area contributed by atoms with Gasteiger partial charge in [-0.1, -0.05) is 12.1 Å². The van der Waals surface area contributed by atoms with Gasteiger partial charge < -0.3 is 9.84 Å². The van der Waals surface area contributed by atoms with Crippen LogP contribution in [0.3, 0.4) is 0 Å². The SMILES string of the molecule is CCOc1cccc(CCO)c1C. The second kappa shape index (κ2) is 4.87. The van der Waals surface area contributed by atoms with Crippen LogP contribution in [-0.4, -0.2) is 18.3 Å². The van der Waals surface area contributed by atoms with Crippen molar-refractivity contribution in [3.8, 4) is 5.75 Å². The molecular weight excluding hydrogens is 164 g/mol. The number of hydrogen-bond donors (Lipinski definition) is 1. The predicted molar refractivity (Wildman–Crippen MR) is 53.1 cm³/mol. The highest BCUT2D eigenvalue weighted by molar-refractivity contribution is 5.39. The summed E-state index contributed by atoms with van der Waals surface area (Å²) in [6.45, 7) is 4.87. The molecule has 0 spiro atoms. The molecule has 13 heavy (non-hydrogen) atoms. The Balaban J connectivity index is 2.89. The van der Waals surface area contributed by atoms with E-state index in [2.05, 4.69) is 0 Å². The summed E-state index contributed by atoms with van der Waals surface area (Å²) < 4.78 is 5.44. The Bertz CT molecular complexity index is 245. The Labute approximate surface area is 79.2 Å². The molecule has 0 aliphatic heterocycles. The third-order valence-electron chi connectivity index (χ3n) is 2.08. The van der Waals surface area contributed by atoms with Crippen LogP contribution < -0.4 is 4.74 Å². The summed E-state index contributed by atoms with van der Waals surface area (Å²) in [5, 5.41) is 8.82. The molecule has 0 bridgehead atoms. The van der Waals surface area contributed by atoms with Crippen LogP contribution in [0, 0.1) is 6.92 Å². The molecule has 0 aliphatic rings. The molecule has 1 N–H and O–H groups in total. The van der Waals surface area contributed by atoms with Crippen LogP contribution in [0.25, 0.3) is 0 Å². The van der Waals surface area contributed by atoms with E-state index in [4.69, 9.17) is 9.84 Å². The van der Waals surface area contributed by atoms with Gasteiger partial charge in [0.2, 0.25) is 0 Å². The molecule has 0 heterocycles. The maximum Gasteiger partial charge on any atom is 0.122 e. The second-order valence-electron chi connectivity index (χ2n) is 2.95. The Morgan fingerprint density at radius 1 is 1.38 bits per heavy atom. The molecule has 1 aromatic rings. The van der Waals surface area contributed by atoms with Crippen molar-refractivity contribution >= 4 is 0 Å². The Morgan fingerprint density at radius 2 is 2.15 bits per heavy atom. The summed E-state index contributed by atoms with van der Waals surface area (Å²) in [6.07, 6.45) is 0.701. The number of aliphatic hydroxyl groups is 1. The first-order chi connectivity index (χ1) is 6.29. The summed E-state index contributed by atoms with van der Waals surface area (Å²) in [7, 11) is 0. The van der Waals surface area contributed by atoms with E-state index in [0.29, 0.717) is 13.0 Å². The molecule has 0 radical (unpaired) electrons. The third kappa shape index (κ3) is 2.46. The fourth-order valence-corrected chi connectivity index (χ4v) is 1.36. The second-order valence-corrected chi connectivity index (χ2v) is 2.95. The molecule has 0 aromatic heterocycles. The molecule has 0 aliphatic carbocycles. The molecule has 0 unspecified atom stereocenters. The lowest BCUT2D eigenvalue weighted by atomic mass is 10.1. The monoisotopic (exact) mass is 180 g/mol. The average Bonchev–Trinajstić information content (AvgIpc) is 2.13. The van der Waals surface area contributed by atoms with Crippen LogP contribution >= 0.6 is 0 Å². The quantitative estimate of drug-likeness (QED) is 0.767. The van der Waals surface area contributed by atoms with E-state index < -0.39 is 0 Å². The lowest BCUT2D eigenvalue weighted by Crippen LogP contribution is -1.99. The number of rotatable bonds is 4. The predicted octanol–water partition coefficient (Wildman–Crippen LogP) is 1.93. The largest absolute Gasteiger partial charge is 0.494 e. The zero-order valence-electron chi connectivity index (χ0n) is 8.21. The maximum atomic E-state index is 8.82. The van der Waals surface area contributed by atoms with Gasteiger partial charge in [0.25, 0.3) is 0 Å². The van der Waals surface area contributed by atoms with E-state index in [1.807, 2.05) is 32.0 Å². The Morgan fingerprint density at radius 3 is 2.77 bits per heavy atom. The zero-order valence-corrected chi connectivity index (χ0v) is 8.21. The van der Waals surface area contributed by atoms with Gasteiger partial charge >= 0.3 is 0 Å². The van der Waals surface area contributed by atoms with Crippen LogP contribution in [0.5, 0.6) is 5.75 Å². The summed E-state index contributed by atoms with van der Waals surface area (Å²) >= 11 is 0. The highest BCUT2D eigenvalue weighted by Crippen LogP contribution is 2.21. The minimum atomic E-state index is 0.191. The summed E-state index contributed by atoms with van der Waals surface area (Å²) in [4.78, 5) is 0. The lowest BCUT2D eigenvalue weighted by Gasteiger charge is -2.10. The first-order valence-electron chi connectivity index (χ1n) is 4.61. The van der Waals surface area contributed by atoms with Crippen LogP contribution in [0.1, 0.15) is 18.1 Å². The van der Waals surface area contributed by atoms with Gasteiger partial charge in [0.15, 0.2) is 0 Å². The standard InChI is InChI=1S/C11H16O2/c1-3-13-11-6-4-5-10(7-8-12)9(11)2/h4-6,12H,3,7-8H2,1-2H3. The molecule has 2 nitrogen and oxygen atoms in total. The van der Waals surface area contributed by atoms with Crippen LogP contribution in [-0.2, 0) is 6.42 Å². The topological polar surface area (TPSA) is 29.5 Å². The van der Waals surface area contributed by atoms with Gasteiger partial charge in [-0.2, -0.15) is 0 Å². The van der Waals surface area contributed by atoms with Crippen molar-refractivity contribution in [2.45, 2.75) is 20.3 Å². The van der Waals surface area contributed by atoms with Crippen LogP contribution in [0.15, 0.2) is 18.2 Å². The highest BCUT2D eigenvalue weighted by atomic mass is 16.5. The van der Waals surface area contributed by atoms with Crippen molar-refractivity contribution in [1.82, 2.24) is 0 Å². The van der Waals surface area contributed by atoms with Crippen LogP contribution in [0.2, 0.25) is 0 Å². The first-order valence-corrected chi connectivity index (χ1v) is 4.61. The molecule has 1 rings (SSSR count). The average molecular weight is 180 g/mol. The first kappa shape index (κ1) is 10.1. The van der Waals surface area contributed by atoms with Gasteiger partial charge in [0.1, 0.15) is 5.75 Å². The van der Waals surface area contributed by atoms with E-state index in [9.17, 15) is 0 Å². The van der Waals surface area contributed by atoms with Crippen molar-refractivity contribution < 1.29 is 9.84 Å². The van der Waals surface area contributed by atoms with Crippen molar-refractivity contribution in [3.05, 3.63) is 29.3 Å². The van der Waals surface area contributed by atoms with Crippen molar-refractivity contribution in [1.29, 1.82) is 0 Å². The van der Waals surface area contributed by atoms with Crippen molar-refractivity contribution in [2.24, 2.45) is 0 Å². The third-order valence-corrected chi connectivity index (χ3v) is 2.08. The van der Waals surface area contributed by atoms with Gasteiger partial charge in [-0.15, -0.1) is 0 Å². The fourth-order valence-electron chi connectivity index (χ4n) is 1.36. The lowest BCUT2D eigenvalue weighted by molar-refractivity contribution is 0.298. The molecule has 72 valence electrons. The Hall–Kier alpha value is -1.02. The normalized spacial score (nSPS) is 10.1. The van der Waals surface area contributed by atoms with E-state index in [0.717, 1.165) is 16.9 Å². The molecular formula is C11H16O2. The minimum Gasteiger partial charge on any atom is -0.494 e. The number of aliphatic hydroxyl groups excluding tert-OH is 1. The van der Waals surface area contributed by atoms with Gasteiger partial charge in [0, 0.05) is 6.61 Å². The number of ether oxygens (including phenoxy) is 1. The molecule has 0 fully saturated rings. The number of benzene rings is 1. The van der Waals surface area contributed by atoms with Gasteiger partial charge in [-0.05, 0) is 37.5 Å². The van der Waals surface area contributed by atoms with Gasteiger partial charge in [0.05, 0.1) is 6.61 Å². The highest BCUT2D eigenvalue weighted by Gasteiger charge is 2.03. The maximum absolute atomic E-state index is 8.82. The minimum absolute atomic E-state index is 0.191. The molecule has 0 saturated carbocycles. The van der Waals surface area contributed by atoms with E-state index >= 15 is 0 Å². The zero-order chi connectivity index (χ0) is 9.68. The van der Waals surface area contributed by atoms with E-state index in [1.165, 1.54) is 0 Å². The van der Waals surface area contributed by atoms with E-state index in [1.54, 1.807) is 0 Å². The van der Waals surface area contributed by atoms with E-state index in [-0.39, 0.29) is 6.61 Å². The van der Waals surface area contributed by atoms with Gasteiger partial charge in [-0.3, -0.25) is 0 Å². The molecule has 1 aromatic carbocycles. The Kier molecular flexibility index (Phi) is 3.77. The molecule has 0 amide bonds. The molecule has 0 saturated heterocycles. The fraction of sp³-hybridized carbons (Fsp3) is 0.455. The van der Waals surface area contributed by atoms with Crippen molar-refractivity contribution in [2.75, 3.05) is 13.2 Å². The van der Waals surface area contributed by atoms with Crippen molar-refractivity contribution in [3.63, 3.8) is 0 Å². The molecule has 2 heteroatoms. The van der Waals surface area contributed by atoms with Crippen LogP contribution in [0.4, 0.5) is 0 Å². The molecule has 0 atom stereocenters. The smallest absolute Gasteiger partial charge is 0.122 e. The summed E-state index contributed by atoms with van der Waals surface area (Å²) in [6, 6.07) is 5.94. The summed E-state index contributed by atoms with van der Waals surface area (Å²) in [5.74, 6) is 0.924. The summed E-state index contributed by atoms with van der Waals surface area (Å²) in [5.41, 5.74) is 2.30. The van der Waals surface area contributed by atoms with Gasteiger partial charge in [-0.25, -0.2) is 0 Å². The number of hydrogen-bond acceptors (Lipinski definition) is 2.